The van der Waals surface area contributed by atoms with Crippen LogP contribution in [0, 0.1) is 5.92 Å². The fraction of sp³-hybridized carbons (Fsp3) is 0.538. The molecule has 102 valence electrons. The molecule has 0 heterocycles. The van der Waals surface area contributed by atoms with E-state index < -0.39 is 9.84 Å². The van der Waals surface area contributed by atoms with Crippen molar-refractivity contribution >= 4 is 21.2 Å². The Morgan fingerprint density at radius 2 is 2.06 bits per heavy atom. The number of nitrogens with two attached hydrogens (primary N) is 1. The minimum Gasteiger partial charge on any atom is -0.399 e. The van der Waals surface area contributed by atoms with E-state index in [9.17, 15) is 8.42 Å². The Kier molecular flexibility index (Phi) is 5.47. The summed E-state index contributed by atoms with van der Waals surface area (Å²) in [6.45, 7) is 0. The van der Waals surface area contributed by atoms with Crippen LogP contribution in [-0.4, -0.2) is 27.5 Å². The summed E-state index contributed by atoms with van der Waals surface area (Å²) < 4.78 is 21.3. The molecule has 5 heteroatoms. The molecular weight excluding hydrogens is 248 g/mol. The Morgan fingerprint density at radius 3 is 2.33 bits per heavy atom. The maximum Gasteiger partial charge on any atom is 0.147 e. The molecule has 1 aliphatic carbocycles. The van der Waals surface area contributed by atoms with Crippen LogP contribution < -0.4 is 11.1 Å². The summed E-state index contributed by atoms with van der Waals surface area (Å²) in [7, 11) is -0.814. The van der Waals surface area contributed by atoms with E-state index >= 15 is 0 Å². The number of nitrogen functional groups attached to an aromatic ring is 1. The molecule has 3 N–H and O–H groups in total. The van der Waals surface area contributed by atoms with E-state index in [1.165, 1.54) is 12.7 Å². The fourth-order valence-electron chi connectivity index (χ4n) is 1.78. The SMILES string of the molecule is CNc1cccc(N)c1.CS(=O)(=O)CC1CCC1. The van der Waals surface area contributed by atoms with Crippen LogP contribution in [-0.2, 0) is 9.84 Å². The van der Waals surface area contributed by atoms with Gasteiger partial charge in [-0.15, -0.1) is 0 Å². The molecule has 0 bridgehead atoms. The summed E-state index contributed by atoms with van der Waals surface area (Å²) in [4.78, 5) is 0. The first kappa shape index (κ1) is 14.8. The van der Waals surface area contributed by atoms with E-state index in [1.807, 2.05) is 31.3 Å². The molecular formula is C13H22N2O2S. The molecule has 0 spiro atoms. The standard InChI is InChI=1S/C7H10N2.C6H12O2S/c1-9-7-4-2-3-6(8)5-7;1-9(7,8)5-6-3-2-4-6/h2-5,9H,8H2,1H3;6H,2-5H2,1H3. The zero-order chi connectivity index (χ0) is 13.6. The third-order valence-electron chi connectivity index (χ3n) is 2.94. The molecule has 18 heavy (non-hydrogen) atoms. The summed E-state index contributed by atoms with van der Waals surface area (Å²) in [5, 5.41) is 2.99. The summed E-state index contributed by atoms with van der Waals surface area (Å²) in [6.07, 6.45) is 4.77. The third kappa shape index (κ3) is 5.91. The topological polar surface area (TPSA) is 72.2 Å². The van der Waals surface area contributed by atoms with Crippen molar-refractivity contribution in [3.63, 3.8) is 0 Å². The Hall–Kier alpha value is -1.23. The van der Waals surface area contributed by atoms with E-state index in [0.717, 1.165) is 24.2 Å². The van der Waals surface area contributed by atoms with Crippen LogP contribution in [0.3, 0.4) is 0 Å². The van der Waals surface area contributed by atoms with Gasteiger partial charge in [0.1, 0.15) is 9.84 Å². The molecule has 0 saturated heterocycles. The molecule has 1 aromatic rings. The van der Waals surface area contributed by atoms with Crippen molar-refractivity contribution in [3.05, 3.63) is 24.3 Å². The molecule has 2 rings (SSSR count). The van der Waals surface area contributed by atoms with Crippen molar-refractivity contribution in [2.75, 3.05) is 30.1 Å². The van der Waals surface area contributed by atoms with Crippen molar-refractivity contribution in [1.82, 2.24) is 0 Å². The van der Waals surface area contributed by atoms with Crippen LogP contribution in [0.4, 0.5) is 11.4 Å². The zero-order valence-electron chi connectivity index (χ0n) is 11.0. The van der Waals surface area contributed by atoms with Crippen molar-refractivity contribution in [2.45, 2.75) is 19.3 Å². The number of nitrogens with one attached hydrogen (secondary N) is 1. The zero-order valence-corrected chi connectivity index (χ0v) is 11.8. The summed E-state index contributed by atoms with van der Waals surface area (Å²) >= 11 is 0. The van der Waals surface area contributed by atoms with Crippen LogP contribution in [0.2, 0.25) is 0 Å². The number of hydrogen-bond donors (Lipinski definition) is 2. The number of hydrogen-bond acceptors (Lipinski definition) is 4. The van der Waals surface area contributed by atoms with E-state index in [0.29, 0.717) is 11.7 Å². The molecule has 0 amide bonds. The second-order valence-electron chi connectivity index (χ2n) is 4.76. The molecule has 1 aliphatic rings. The highest BCUT2D eigenvalue weighted by Crippen LogP contribution is 2.27. The summed E-state index contributed by atoms with van der Waals surface area (Å²) in [6, 6.07) is 7.64. The van der Waals surface area contributed by atoms with Crippen LogP contribution in [0.25, 0.3) is 0 Å². The van der Waals surface area contributed by atoms with Crippen LogP contribution in [0.1, 0.15) is 19.3 Å². The van der Waals surface area contributed by atoms with Crippen molar-refractivity contribution in [2.24, 2.45) is 5.92 Å². The molecule has 0 radical (unpaired) electrons. The number of rotatable bonds is 3. The molecule has 0 unspecified atom stereocenters. The largest absolute Gasteiger partial charge is 0.399 e. The number of anilines is 2. The summed E-state index contributed by atoms with van der Waals surface area (Å²) in [5.74, 6) is 0.896. The summed E-state index contributed by atoms with van der Waals surface area (Å²) in [5.41, 5.74) is 7.34. The quantitative estimate of drug-likeness (QED) is 0.825. The van der Waals surface area contributed by atoms with Gasteiger partial charge in [-0.25, -0.2) is 8.42 Å². The highest BCUT2D eigenvalue weighted by molar-refractivity contribution is 7.90. The molecule has 4 nitrogen and oxygen atoms in total. The van der Waals surface area contributed by atoms with Crippen molar-refractivity contribution < 1.29 is 8.42 Å². The Bertz CT molecular complexity index is 468. The fourth-order valence-corrected chi connectivity index (χ4v) is 2.97. The Balaban J connectivity index is 0.000000180. The minimum absolute atomic E-state index is 0.410. The number of sulfone groups is 1. The normalized spacial score (nSPS) is 15.2. The number of benzene rings is 1. The van der Waals surface area contributed by atoms with Crippen LogP contribution in [0.15, 0.2) is 24.3 Å². The molecule has 0 atom stereocenters. The van der Waals surface area contributed by atoms with Crippen LogP contribution in [0.5, 0.6) is 0 Å². The van der Waals surface area contributed by atoms with Gasteiger partial charge in [0.2, 0.25) is 0 Å². The van der Waals surface area contributed by atoms with Gasteiger partial charge in [0.25, 0.3) is 0 Å². The monoisotopic (exact) mass is 270 g/mol. The predicted octanol–water partition coefficient (Wildman–Crippen LogP) is 2.14. The highest BCUT2D eigenvalue weighted by atomic mass is 32.2. The lowest BCUT2D eigenvalue weighted by atomic mass is 9.87. The molecule has 0 aromatic heterocycles. The Morgan fingerprint density at radius 1 is 1.39 bits per heavy atom. The van der Waals surface area contributed by atoms with Gasteiger partial charge in [0, 0.05) is 24.7 Å². The van der Waals surface area contributed by atoms with E-state index in [2.05, 4.69) is 5.32 Å². The average molecular weight is 270 g/mol. The van der Waals surface area contributed by atoms with Gasteiger partial charge >= 0.3 is 0 Å². The van der Waals surface area contributed by atoms with Gasteiger partial charge in [-0.3, -0.25) is 0 Å². The molecule has 1 saturated carbocycles. The van der Waals surface area contributed by atoms with Crippen molar-refractivity contribution in [3.8, 4) is 0 Å². The predicted molar refractivity (Wildman–Crippen MR) is 77.5 cm³/mol. The van der Waals surface area contributed by atoms with E-state index in [-0.39, 0.29) is 0 Å². The van der Waals surface area contributed by atoms with Gasteiger partial charge in [0.05, 0.1) is 5.75 Å². The van der Waals surface area contributed by atoms with Crippen molar-refractivity contribution in [1.29, 1.82) is 0 Å². The second kappa shape index (κ2) is 6.64. The van der Waals surface area contributed by atoms with Gasteiger partial charge < -0.3 is 11.1 Å². The maximum atomic E-state index is 10.6. The van der Waals surface area contributed by atoms with Gasteiger partial charge in [0.15, 0.2) is 0 Å². The van der Waals surface area contributed by atoms with Gasteiger partial charge in [-0.2, -0.15) is 0 Å². The average Bonchev–Trinajstić information content (AvgIpc) is 2.23. The van der Waals surface area contributed by atoms with E-state index in [1.54, 1.807) is 0 Å². The highest BCUT2D eigenvalue weighted by Gasteiger charge is 2.21. The lowest BCUT2D eigenvalue weighted by Gasteiger charge is -2.23. The molecule has 0 aliphatic heterocycles. The van der Waals surface area contributed by atoms with Gasteiger partial charge in [-0.1, -0.05) is 12.5 Å². The minimum atomic E-state index is -2.68. The molecule has 1 fully saturated rings. The first-order chi connectivity index (χ1) is 8.40. The maximum absolute atomic E-state index is 10.6. The van der Waals surface area contributed by atoms with Gasteiger partial charge in [-0.05, 0) is 37.0 Å². The Labute approximate surface area is 110 Å². The lowest BCUT2D eigenvalue weighted by Crippen LogP contribution is -2.20. The van der Waals surface area contributed by atoms with Crippen LogP contribution >= 0.6 is 0 Å². The first-order valence-electron chi connectivity index (χ1n) is 6.12. The van der Waals surface area contributed by atoms with E-state index in [4.69, 9.17) is 5.73 Å². The lowest BCUT2D eigenvalue weighted by molar-refractivity contribution is 0.347. The molecule has 1 aromatic carbocycles. The third-order valence-corrected chi connectivity index (χ3v) is 4.02. The smallest absolute Gasteiger partial charge is 0.147 e. The second-order valence-corrected chi connectivity index (χ2v) is 6.95. The first-order valence-corrected chi connectivity index (χ1v) is 8.18.